The number of nitrogens with zero attached hydrogens (tertiary/aromatic N) is 2. The van der Waals surface area contributed by atoms with Crippen LogP contribution in [0.5, 0.6) is 0 Å². The van der Waals surface area contributed by atoms with Crippen LogP contribution in [0.25, 0.3) is 10.8 Å². The summed E-state index contributed by atoms with van der Waals surface area (Å²) < 4.78 is 6.60. The quantitative estimate of drug-likeness (QED) is 0.739. The largest absolute Gasteiger partial charge is 0.437 e. The second kappa shape index (κ2) is 5.46. The molecule has 0 bridgehead atoms. The van der Waals surface area contributed by atoms with E-state index in [-0.39, 0.29) is 5.92 Å². The molecule has 0 radical (unpaired) electrons. The molecule has 2 heterocycles. The van der Waals surface area contributed by atoms with Crippen LogP contribution in [-0.4, -0.2) is 9.78 Å². The van der Waals surface area contributed by atoms with Crippen molar-refractivity contribution in [3.8, 4) is 10.8 Å². The van der Waals surface area contributed by atoms with E-state index in [4.69, 9.17) is 4.42 Å². The van der Waals surface area contributed by atoms with Crippen molar-refractivity contribution in [1.82, 2.24) is 9.78 Å². The minimum atomic E-state index is -0.406. The van der Waals surface area contributed by atoms with Gasteiger partial charge in [-0.15, -0.1) is 16.4 Å². The molecule has 3 rings (SSSR count). The van der Waals surface area contributed by atoms with Crippen molar-refractivity contribution in [3.63, 3.8) is 0 Å². The van der Waals surface area contributed by atoms with Gasteiger partial charge in [-0.25, -0.2) is 4.79 Å². The summed E-state index contributed by atoms with van der Waals surface area (Å²) in [5.41, 5.74) is 1.18. The summed E-state index contributed by atoms with van der Waals surface area (Å²) in [5, 5.41) is 6.20. The van der Waals surface area contributed by atoms with E-state index in [1.165, 1.54) is 21.6 Å². The Bertz CT molecular complexity index is 729. The van der Waals surface area contributed by atoms with Gasteiger partial charge >= 0.3 is 5.76 Å². The van der Waals surface area contributed by atoms with Crippen LogP contribution >= 0.6 is 11.3 Å². The number of thiophene rings is 1. The van der Waals surface area contributed by atoms with Crippen molar-refractivity contribution in [2.45, 2.75) is 19.4 Å². The lowest BCUT2D eigenvalue weighted by Crippen LogP contribution is -2.19. The smallest absolute Gasteiger partial charge is 0.387 e. The van der Waals surface area contributed by atoms with Crippen molar-refractivity contribution < 1.29 is 4.42 Å². The van der Waals surface area contributed by atoms with Gasteiger partial charge < -0.3 is 4.42 Å². The third-order valence-electron chi connectivity index (χ3n) is 3.15. The van der Waals surface area contributed by atoms with E-state index in [1.54, 1.807) is 0 Å². The van der Waals surface area contributed by atoms with Gasteiger partial charge in [-0.05, 0) is 17.0 Å². The van der Waals surface area contributed by atoms with E-state index >= 15 is 0 Å². The minimum absolute atomic E-state index is 0.204. The molecular formula is C15H14N2O2S. The van der Waals surface area contributed by atoms with Gasteiger partial charge in [-0.1, -0.05) is 43.3 Å². The van der Waals surface area contributed by atoms with Gasteiger partial charge in [0, 0.05) is 5.92 Å². The van der Waals surface area contributed by atoms with Crippen molar-refractivity contribution >= 4 is 11.3 Å². The molecule has 0 aliphatic carbocycles. The van der Waals surface area contributed by atoms with Crippen LogP contribution < -0.4 is 5.76 Å². The highest BCUT2D eigenvalue weighted by atomic mass is 32.1. The molecule has 0 spiro atoms. The summed E-state index contributed by atoms with van der Waals surface area (Å²) >= 11 is 1.50. The minimum Gasteiger partial charge on any atom is -0.387 e. The van der Waals surface area contributed by atoms with Gasteiger partial charge in [0.1, 0.15) is 0 Å². The number of hydrogen-bond donors (Lipinski definition) is 0. The molecule has 0 N–H and O–H groups in total. The molecule has 1 aromatic carbocycles. The molecule has 1 atom stereocenters. The van der Waals surface area contributed by atoms with Crippen molar-refractivity contribution in [2.75, 3.05) is 0 Å². The number of rotatable bonds is 4. The molecule has 102 valence electrons. The average molecular weight is 286 g/mol. The standard InChI is InChI=1S/C15H14N2O2S/c1-11(12-6-3-2-4-7-12)10-17-15(18)19-14(16-17)13-8-5-9-20-13/h2-9,11H,10H2,1H3. The lowest BCUT2D eigenvalue weighted by atomic mass is 10.0. The van der Waals surface area contributed by atoms with E-state index in [0.717, 1.165) is 4.88 Å². The topological polar surface area (TPSA) is 48.0 Å². The van der Waals surface area contributed by atoms with Crippen LogP contribution in [0, 0.1) is 0 Å². The molecule has 0 saturated carbocycles. The zero-order chi connectivity index (χ0) is 13.9. The van der Waals surface area contributed by atoms with Crippen LogP contribution in [0.2, 0.25) is 0 Å². The van der Waals surface area contributed by atoms with E-state index in [2.05, 4.69) is 24.2 Å². The molecule has 0 saturated heterocycles. The van der Waals surface area contributed by atoms with Crippen LogP contribution in [0.1, 0.15) is 18.4 Å². The fraction of sp³-hybridized carbons (Fsp3) is 0.200. The Morgan fingerprint density at radius 1 is 1.25 bits per heavy atom. The Hall–Kier alpha value is -2.14. The van der Waals surface area contributed by atoms with Crippen LogP contribution in [-0.2, 0) is 6.54 Å². The van der Waals surface area contributed by atoms with Crippen LogP contribution in [0.3, 0.4) is 0 Å². The Labute approximate surface area is 120 Å². The summed E-state index contributed by atoms with van der Waals surface area (Å²) in [6.45, 7) is 2.58. The highest BCUT2D eigenvalue weighted by Crippen LogP contribution is 2.22. The van der Waals surface area contributed by atoms with Crippen LogP contribution in [0.15, 0.2) is 57.1 Å². The van der Waals surface area contributed by atoms with Crippen molar-refractivity contribution in [3.05, 3.63) is 64.0 Å². The molecule has 0 aliphatic rings. The molecule has 0 amide bonds. The number of benzene rings is 1. The van der Waals surface area contributed by atoms with Crippen molar-refractivity contribution in [1.29, 1.82) is 0 Å². The van der Waals surface area contributed by atoms with Gasteiger partial charge in [0.05, 0.1) is 11.4 Å². The second-order valence-corrected chi connectivity index (χ2v) is 5.59. The molecule has 0 aliphatic heterocycles. The normalized spacial score (nSPS) is 12.4. The predicted octanol–water partition coefficient (Wildman–Crippen LogP) is 3.37. The third kappa shape index (κ3) is 2.58. The first kappa shape index (κ1) is 12.9. The summed E-state index contributed by atoms with van der Waals surface area (Å²) in [5.74, 6) is 0.191. The Morgan fingerprint density at radius 3 is 2.75 bits per heavy atom. The van der Waals surface area contributed by atoms with E-state index < -0.39 is 5.76 Å². The highest BCUT2D eigenvalue weighted by molar-refractivity contribution is 7.13. The molecule has 4 nitrogen and oxygen atoms in total. The maximum atomic E-state index is 11.8. The molecular weight excluding hydrogens is 272 g/mol. The summed E-state index contributed by atoms with van der Waals surface area (Å²) in [7, 11) is 0. The third-order valence-corrected chi connectivity index (χ3v) is 4.01. The number of hydrogen-bond acceptors (Lipinski definition) is 4. The Morgan fingerprint density at radius 2 is 2.05 bits per heavy atom. The summed E-state index contributed by atoms with van der Waals surface area (Å²) in [4.78, 5) is 12.7. The fourth-order valence-electron chi connectivity index (χ4n) is 2.07. The molecule has 5 heteroatoms. The van der Waals surface area contributed by atoms with E-state index in [0.29, 0.717) is 12.4 Å². The Balaban J connectivity index is 1.83. The summed E-state index contributed by atoms with van der Waals surface area (Å²) in [6.07, 6.45) is 0. The maximum Gasteiger partial charge on any atom is 0.437 e. The van der Waals surface area contributed by atoms with Crippen molar-refractivity contribution in [2.24, 2.45) is 0 Å². The average Bonchev–Trinajstić information content (AvgIpc) is 3.10. The predicted molar refractivity (Wildman–Crippen MR) is 78.9 cm³/mol. The molecule has 2 aromatic heterocycles. The van der Waals surface area contributed by atoms with Gasteiger partial charge in [-0.3, -0.25) is 0 Å². The van der Waals surface area contributed by atoms with Gasteiger partial charge in [0.15, 0.2) is 0 Å². The van der Waals surface area contributed by atoms with Gasteiger partial charge in [-0.2, -0.15) is 4.68 Å². The lowest BCUT2D eigenvalue weighted by Gasteiger charge is -2.09. The first-order valence-electron chi connectivity index (χ1n) is 6.41. The molecule has 1 unspecified atom stereocenters. The van der Waals surface area contributed by atoms with Crippen LogP contribution in [0.4, 0.5) is 0 Å². The number of aromatic nitrogens is 2. The SMILES string of the molecule is CC(Cn1nc(-c2cccs2)oc1=O)c1ccccc1. The van der Waals surface area contributed by atoms with Gasteiger partial charge in [0.25, 0.3) is 5.89 Å². The zero-order valence-electron chi connectivity index (χ0n) is 11.0. The first-order chi connectivity index (χ1) is 9.74. The Kier molecular flexibility index (Phi) is 3.52. The lowest BCUT2D eigenvalue weighted by molar-refractivity contribution is 0.461. The second-order valence-electron chi connectivity index (χ2n) is 4.64. The fourth-order valence-corrected chi connectivity index (χ4v) is 2.71. The first-order valence-corrected chi connectivity index (χ1v) is 7.29. The zero-order valence-corrected chi connectivity index (χ0v) is 11.8. The van der Waals surface area contributed by atoms with E-state index in [9.17, 15) is 4.79 Å². The molecule has 3 aromatic rings. The molecule has 20 heavy (non-hydrogen) atoms. The highest BCUT2D eigenvalue weighted by Gasteiger charge is 2.14. The molecule has 0 fully saturated rings. The van der Waals surface area contributed by atoms with E-state index in [1.807, 2.05) is 35.7 Å². The monoisotopic (exact) mass is 286 g/mol. The maximum absolute atomic E-state index is 11.8. The van der Waals surface area contributed by atoms with Gasteiger partial charge in [0.2, 0.25) is 0 Å². The summed E-state index contributed by atoms with van der Waals surface area (Å²) in [6, 6.07) is 13.9.